The highest BCUT2D eigenvalue weighted by molar-refractivity contribution is 5.38. The van der Waals surface area contributed by atoms with Gasteiger partial charge < -0.3 is 5.32 Å². The molecule has 2 aromatic carbocycles. The van der Waals surface area contributed by atoms with Crippen molar-refractivity contribution in [3.63, 3.8) is 0 Å². The molecule has 1 aliphatic rings. The molecule has 104 valence electrons. The molecule has 0 bridgehead atoms. The van der Waals surface area contributed by atoms with Crippen LogP contribution >= 0.6 is 0 Å². The van der Waals surface area contributed by atoms with Crippen molar-refractivity contribution >= 4 is 0 Å². The first-order valence-electron chi connectivity index (χ1n) is 7.67. The molecule has 0 aliphatic heterocycles. The summed E-state index contributed by atoms with van der Waals surface area (Å²) in [7, 11) is 0. The van der Waals surface area contributed by atoms with E-state index in [0.29, 0.717) is 6.04 Å². The molecule has 0 spiro atoms. The number of hydrogen-bond donors (Lipinski definition) is 1. The van der Waals surface area contributed by atoms with Crippen LogP contribution in [-0.4, -0.2) is 0 Å². The number of fused-ring (bicyclic) bond motifs is 1. The molecule has 0 heterocycles. The topological polar surface area (TPSA) is 12.0 Å². The molecule has 3 rings (SSSR count). The van der Waals surface area contributed by atoms with E-state index < -0.39 is 0 Å². The van der Waals surface area contributed by atoms with Gasteiger partial charge in [0.05, 0.1) is 0 Å². The molecule has 2 aromatic rings. The molecule has 0 saturated carbocycles. The van der Waals surface area contributed by atoms with E-state index in [4.69, 9.17) is 0 Å². The molecule has 20 heavy (non-hydrogen) atoms. The summed E-state index contributed by atoms with van der Waals surface area (Å²) in [6.45, 7) is 5.39. The normalized spacial score (nSPS) is 17.2. The fraction of sp³-hybridized carbons (Fsp3) is 0.368. The average molecular weight is 265 g/mol. The van der Waals surface area contributed by atoms with E-state index in [0.717, 1.165) is 13.0 Å². The molecule has 0 fully saturated rings. The maximum absolute atomic E-state index is 3.76. The van der Waals surface area contributed by atoms with Crippen LogP contribution in [0, 0.1) is 6.92 Å². The molecule has 1 heteroatoms. The van der Waals surface area contributed by atoms with E-state index >= 15 is 0 Å². The Labute approximate surface area is 122 Å². The summed E-state index contributed by atoms with van der Waals surface area (Å²) in [6, 6.07) is 16.2. The molecular formula is C19H23N. The molecule has 0 radical (unpaired) electrons. The first-order valence-corrected chi connectivity index (χ1v) is 7.67. The Morgan fingerprint density at radius 3 is 2.70 bits per heavy atom. The number of rotatable bonds is 4. The Kier molecular flexibility index (Phi) is 3.88. The third-order valence-corrected chi connectivity index (χ3v) is 4.42. The maximum Gasteiger partial charge on any atom is 0.0329 e. The van der Waals surface area contributed by atoms with Gasteiger partial charge in [0.2, 0.25) is 0 Å². The Morgan fingerprint density at radius 2 is 1.90 bits per heavy atom. The lowest BCUT2D eigenvalue weighted by Crippen LogP contribution is -2.19. The van der Waals surface area contributed by atoms with Crippen molar-refractivity contribution in [1.82, 2.24) is 5.32 Å². The van der Waals surface area contributed by atoms with Crippen LogP contribution in [0.15, 0.2) is 42.5 Å². The van der Waals surface area contributed by atoms with Crippen LogP contribution in [0.5, 0.6) is 0 Å². The van der Waals surface area contributed by atoms with Crippen molar-refractivity contribution in [2.75, 3.05) is 0 Å². The molecule has 1 atom stereocenters. The highest BCUT2D eigenvalue weighted by Crippen LogP contribution is 2.32. The monoisotopic (exact) mass is 265 g/mol. The maximum atomic E-state index is 3.76. The number of aryl methyl sites for hydroxylation is 3. The third kappa shape index (κ3) is 2.64. The zero-order valence-corrected chi connectivity index (χ0v) is 12.4. The van der Waals surface area contributed by atoms with E-state index in [2.05, 4.69) is 61.6 Å². The first kappa shape index (κ1) is 13.4. The van der Waals surface area contributed by atoms with Crippen molar-refractivity contribution in [2.45, 2.75) is 45.7 Å². The van der Waals surface area contributed by atoms with Gasteiger partial charge in [-0.25, -0.2) is 0 Å². The lowest BCUT2D eigenvalue weighted by molar-refractivity contribution is 0.528. The van der Waals surface area contributed by atoms with Gasteiger partial charge in [-0.2, -0.15) is 0 Å². The minimum atomic E-state index is 0.523. The number of hydrogen-bond acceptors (Lipinski definition) is 1. The van der Waals surface area contributed by atoms with Gasteiger partial charge in [0.15, 0.2) is 0 Å². The summed E-state index contributed by atoms with van der Waals surface area (Å²) in [5.74, 6) is 0. The van der Waals surface area contributed by atoms with Gasteiger partial charge in [-0.05, 0) is 48.4 Å². The summed E-state index contributed by atoms with van der Waals surface area (Å²) in [6.07, 6.45) is 3.55. The van der Waals surface area contributed by atoms with Crippen LogP contribution in [0.3, 0.4) is 0 Å². The first-order chi connectivity index (χ1) is 9.78. The van der Waals surface area contributed by atoms with Gasteiger partial charge in [-0.15, -0.1) is 0 Å². The van der Waals surface area contributed by atoms with Gasteiger partial charge in [0.1, 0.15) is 0 Å². The quantitative estimate of drug-likeness (QED) is 0.867. The lowest BCUT2D eigenvalue weighted by Gasteiger charge is -2.16. The van der Waals surface area contributed by atoms with Gasteiger partial charge in [0, 0.05) is 12.6 Å². The molecule has 1 nitrogen and oxygen atoms in total. The molecule has 0 amide bonds. The molecular weight excluding hydrogens is 242 g/mol. The van der Waals surface area contributed by atoms with Crippen molar-refractivity contribution < 1.29 is 0 Å². The molecule has 1 aliphatic carbocycles. The van der Waals surface area contributed by atoms with Crippen LogP contribution in [-0.2, 0) is 19.4 Å². The largest absolute Gasteiger partial charge is 0.306 e. The zero-order valence-electron chi connectivity index (χ0n) is 12.4. The average Bonchev–Trinajstić information content (AvgIpc) is 2.87. The molecule has 1 unspecified atom stereocenters. The Hall–Kier alpha value is -1.60. The van der Waals surface area contributed by atoms with Gasteiger partial charge in [0.25, 0.3) is 0 Å². The number of benzene rings is 2. The minimum absolute atomic E-state index is 0.523. The minimum Gasteiger partial charge on any atom is -0.306 e. The standard InChI is InChI=1S/C19H23N/c1-3-15-6-4-5-7-17(15)13-20-19-11-10-16-9-8-14(2)12-18(16)19/h4-9,12,19-20H,3,10-11,13H2,1-2H3. The summed E-state index contributed by atoms with van der Waals surface area (Å²) in [4.78, 5) is 0. The van der Waals surface area contributed by atoms with Crippen molar-refractivity contribution in [3.8, 4) is 0 Å². The Balaban J connectivity index is 1.73. The highest BCUT2D eigenvalue weighted by Gasteiger charge is 2.21. The Morgan fingerprint density at radius 1 is 1.10 bits per heavy atom. The second-order valence-corrected chi connectivity index (χ2v) is 5.80. The van der Waals surface area contributed by atoms with E-state index in [1.165, 1.54) is 40.7 Å². The lowest BCUT2D eigenvalue weighted by atomic mass is 10.0. The van der Waals surface area contributed by atoms with Crippen LogP contribution in [0.4, 0.5) is 0 Å². The fourth-order valence-corrected chi connectivity index (χ4v) is 3.24. The zero-order chi connectivity index (χ0) is 13.9. The van der Waals surface area contributed by atoms with Gasteiger partial charge in [-0.1, -0.05) is 55.0 Å². The van der Waals surface area contributed by atoms with E-state index in [1.807, 2.05) is 0 Å². The van der Waals surface area contributed by atoms with E-state index in [9.17, 15) is 0 Å². The fourth-order valence-electron chi connectivity index (χ4n) is 3.24. The van der Waals surface area contributed by atoms with Crippen LogP contribution < -0.4 is 5.32 Å². The van der Waals surface area contributed by atoms with Gasteiger partial charge in [-0.3, -0.25) is 0 Å². The second kappa shape index (κ2) is 5.80. The SMILES string of the molecule is CCc1ccccc1CNC1CCc2ccc(C)cc21. The summed E-state index contributed by atoms with van der Waals surface area (Å²) < 4.78 is 0. The van der Waals surface area contributed by atoms with Crippen molar-refractivity contribution in [2.24, 2.45) is 0 Å². The predicted molar refractivity (Wildman–Crippen MR) is 84.9 cm³/mol. The third-order valence-electron chi connectivity index (χ3n) is 4.42. The van der Waals surface area contributed by atoms with E-state index in [-0.39, 0.29) is 0 Å². The summed E-state index contributed by atoms with van der Waals surface area (Å²) in [5, 5.41) is 3.76. The molecule has 0 aromatic heterocycles. The van der Waals surface area contributed by atoms with Gasteiger partial charge >= 0.3 is 0 Å². The summed E-state index contributed by atoms with van der Waals surface area (Å²) >= 11 is 0. The smallest absolute Gasteiger partial charge is 0.0329 e. The van der Waals surface area contributed by atoms with Crippen molar-refractivity contribution in [1.29, 1.82) is 0 Å². The second-order valence-electron chi connectivity index (χ2n) is 5.80. The molecule has 1 N–H and O–H groups in total. The summed E-state index contributed by atoms with van der Waals surface area (Å²) in [5.41, 5.74) is 7.31. The van der Waals surface area contributed by atoms with Crippen LogP contribution in [0.25, 0.3) is 0 Å². The van der Waals surface area contributed by atoms with Crippen LogP contribution in [0.1, 0.15) is 47.2 Å². The van der Waals surface area contributed by atoms with E-state index in [1.54, 1.807) is 0 Å². The highest BCUT2D eigenvalue weighted by atomic mass is 14.9. The number of nitrogens with one attached hydrogen (secondary N) is 1. The molecule has 0 saturated heterocycles. The predicted octanol–water partition coefficient (Wildman–Crippen LogP) is 4.33. The van der Waals surface area contributed by atoms with Crippen molar-refractivity contribution in [3.05, 3.63) is 70.3 Å². The van der Waals surface area contributed by atoms with Crippen LogP contribution in [0.2, 0.25) is 0 Å². The Bertz CT molecular complexity index is 600.